The number of aliphatic hydroxyl groups excluding tert-OH is 1. The lowest BCUT2D eigenvalue weighted by Crippen LogP contribution is -2.03. The van der Waals surface area contributed by atoms with Gasteiger partial charge in [0.2, 0.25) is 0 Å². The maximum atomic E-state index is 8.68. The lowest BCUT2D eigenvalue weighted by Gasteiger charge is -2.05. The van der Waals surface area contributed by atoms with Gasteiger partial charge in [-0.05, 0) is 29.3 Å². The predicted molar refractivity (Wildman–Crippen MR) is 62.0 cm³/mol. The third-order valence-electron chi connectivity index (χ3n) is 2.13. The predicted octanol–water partition coefficient (Wildman–Crippen LogP) is 2.70. The first-order chi connectivity index (χ1) is 6.92. The second kappa shape index (κ2) is 4.44. The third-order valence-corrected chi connectivity index (χ3v) is 3.09. The molecule has 0 spiro atoms. The quantitative estimate of drug-likeness (QED) is 0.755. The average molecular weight is 207 g/mol. The molecule has 1 aromatic heterocycles. The molecule has 2 N–H and O–H groups in total. The highest BCUT2D eigenvalue weighted by Crippen LogP contribution is 2.28. The van der Waals surface area contributed by atoms with Crippen LogP contribution in [0.3, 0.4) is 0 Å². The van der Waals surface area contributed by atoms with E-state index < -0.39 is 0 Å². The summed E-state index contributed by atoms with van der Waals surface area (Å²) in [6, 6.07) is 8.37. The number of thiophene rings is 1. The number of anilines is 1. The highest BCUT2D eigenvalue weighted by atomic mass is 32.1. The molecule has 1 heterocycles. The van der Waals surface area contributed by atoms with Gasteiger partial charge in [0.1, 0.15) is 0 Å². The lowest BCUT2D eigenvalue weighted by molar-refractivity contribution is 0.292. The van der Waals surface area contributed by atoms with E-state index in [9.17, 15) is 0 Å². The summed E-state index contributed by atoms with van der Waals surface area (Å²) in [7, 11) is 0. The molecule has 0 fully saturated rings. The molecule has 0 aliphatic rings. The minimum absolute atomic E-state index is 0.243. The van der Waals surface area contributed by atoms with Crippen LogP contribution in [0.4, 0.5) is 5.69 Å². The second-order valence-corrected chi connectivity index (χ2v) is 4.06. The Labute approximate surface area is 87.2 Å². The van der Waals surface area contributed by atoms with Crippen LogP contribution in [0.15, 0.2) is 29.6 Å². The summed E-state index contributed by atoms with van der Waals surface area (Å²) in [4.78, 5) is 0. The average Bonchev–Trinajstić information content (AvgIpc) is 2.67. The zero-order valence-corrected chi connectivity index (χ0v) is 8.68. The van der Waals surface area contributed by atoms with E-state index >= 15 is 0 Å². The number of fused-ring (bicyclic) bond motifs is 1. The van der Waals surface area contributed by atoms with E-state index in [-0.39, 0.29) is 6.61 Å². The second-order valence-electron chi connectivity index (χ2n) is 3.15. The summed E-state index contributed by atoms with van der Waals surface area (Å²) < 4.78 is 1.30. The minimum atomic E-state index is 0.243. The molecule has 0 saturated carbocycles. The van der Waals surface area contributed by atoms with Crippen LogP contribution < -0.4 is 5.32 Å². The van der Waals surface area contributed by atoms with Gasteiger partial charge in [-0.3, -0.25) is 0 Å². The summed E-state index contributed by atoms with van der Waals surface area (Å²) in [5.74, 6) is 0. The third kappa shape index (κ3) is 1.89. The van der Waals surface area contributed by atoms with Crippen molar-refractivity contribution in [3.63, 3.8) is 0 Å². The smallest absolute Gasteiger partial charge is 0.0574 e. The van der Waals surface area contributed by atoms with Crippen LogP contribution in [0.2, 0.25) is 0 Å². The molecular formula is C11H13NOS. The molecule has 2 aromatic rings. The van der Waals surface area contributed by atoms with E-state index in [2.05, 4.69) is 35.0 Å². The van der Waals surface area contributed by atoms with E-state index in [1.807, 2.05) is 0 Å². The molecule has 0 radical (unpaired) electrons. The molecule has 0 unspecified atom stereocenters. The van der Waals surface area contributed by atoms with E-state index in [4.69, 9.17) is 5.11 Å². The van der Waals surface area contributed by atoms with Crippen LogP contribution in [0.5, 0.6) is 0 Å². The Morgan fingerprint density at radius 3 is 3.07 bits per heavy atom. The Morgan fingerprint density at radius 1 is 1.29 bits per heavy atom. The molecule has 1 aromatic carbocycles. The van der Waals surface area contributed by atoms with Crippen molar-refractivity contribution < 1.29 is 5.11 Å². The Hall–Kier alpha value is -1.06. The summed E-state index contributed by atoms with van der Waals surface area (Å²) >= 11 is 1.75. The summed E-state index contributed by atoms with van der Waals surface area (Å²) in [6.07, 6.45) is 0.793. The molecule has 74 valence electrons. The highest BCUT2D eigenvalue weighted by molar-refractivity contribution is 7.17. The number of rotatable bonds is 4. The summed E-state index contributed by atoms with van der Waals surface area (Å²) in [5.41, 5.74) is 1.17. The van der Waals surface area contributed by atoms with Gasteiger partial charge < -0.3 is 10.4 Å². The van der Waals surface area contributed by atoms with E-state index in [0.717, 1.165) is 13.0 Å². The fraction of sp³-hybridized carbons (Fsp3) is 0.273. The summed E-state index contributed by atoms with van der Waals surface area (Å²) in [6.45, 7) is 1.07. The number of benzene rings is 1. The van der Waals surface area contributed by atoms with E-state index in [0.29, 0.717) is 0 Å². The van der Waals surface area contributed by atoms with Gasteiger partial charge >= 0.3 is 0 Å². The van der Waals surface area contributed by atoms with Crippen LogP contribution in [0, 0.1) is 0 Å². The van der Waals surface area contributed by atoms with Crippen molar-refractivity contribution in [2.45, 2.75) is 6.42 Å². The van der Waals surface area contributed by atoms with Crippen molar-refractivity contribution in [1.82, 2.24) is 0 Å². The maximum Gasteiger partial charge on any atom is 0.0574 e. The zero-order chi connectivity index (χ0) is 9.80. The molecule has 0 bridgehead atoms. The van der Waals surface area contributed by atoms with E-state index in [1.54, 1.807) is 11.3 Å². The van der Waals surface area contributed by atoms with Gasteiger partial charge in [-0.1, -0.05) is 12.1 Å². The largest absolute Gasteiger partial charge is 0.396 e. The standard InChI is InChI=1S/C11H13NOS/c13-7-2-6-12-10-4-1-3-9-5-8-14-11(9)10/h1,3-5,8,12-13H,2,6-7H2. The van der Waals surface area contributed by atoms with Crippen molar-refractivity contribution in [3.05, 3.63) is 29.6 Å². The number of hydrogen-bond acceptors (Lipinski definition) is 3. The van der Waals surface area contributed by atoms with Gasteiger partial charge in [-0.2, -0.15) is 0 Å². The van der Waals surface area contributed by atoms with Gasteiger partial charge in [0.25, 0.3) is 0 Å². The Balaban J connectivity index is 2.19. The highest BCUT2D eigenvalue weighted by Gasteiger charge is 2.00. The molecule has 0 amide bonds. The first-order valence-corrected chi connectivity index (χ1v) is 5.61. The molecule has 0 atom stereocenters. The van der Waals surface area contributed by atoms with Crippen LogP contribution in [0.1, 0.15) is 6.42 Å². The van der Waals surface area contributed by atoms with Crippen LogP contribution in [-0.2, 0) is 0 Å². The van der Waals surface area contributed by atoms with Gasteiger partial charge in [-0.25, -0.2) is 0 Å². The van der Waals surface area contributed by atoms with Crippen LogP contribution >= 0.6 is 11.3 Å². The van der Waals surface area contributed by atoms with Crippen LogP contribution in [-0.4, -0.2) is 18.3 Å². The molecule has 0 aliphatic heterocycles. The van der Waals surface area contributed by atoms with Crippen molar-refractivity contribution in [2.24, 2.45) is 0 Å². The zero-order valence-electron chi connectivity index (χ0n) is 7.86. The SMILES string of the molecule is OCCCNc1cccc2ccsc12. The molecule has 14 heavy (non-hydrogen) atoms. The normalized spacial score (nSPS) is 10.6. The first kappa shape index (κ1) is 9.49. The lowest BCUT2D eigenvalue weighted by atomic mass is 10.2. The molecule has 3 heteroatoms. The number of nitrogens with one attached hydrogen (secondary N) is 1. The number of hydrogen-bond donors (Lipinski definition) is 2. The molecule has 2 rings (SSSR count). The maximum absolute atomic E-state index is 8.68. The molecule has 0 aliphatic carbocycles. The fourth-order valence-electron chi connectivity index (χ4n) is 1.43. The van der Waals surface area contributed by atoms with Gasteiger partial charge in [0, 0.05) is 13.2 Å². The number of aliphatic hydroxyl groups is 1. The van der Waals surface area contributed by atoms with Crippen LogP contribution in [0.25, 0.3) is 10.1 Å². The van der Waals surface area contributed by atoms with Gasteiger partial charge in [-0.15, -0.1) is 11.3 Å². The molecule has 2 nitrogen and oxygen atoms in total. The minimum Gasteiger partial charge on any atom is -0.396 e. The fourth-order valence-corrected chi connectivity index (χ4v) is 2.32. The molecule has 0 saturated heterocycles. The van der Waals surface area contributed by atoms with Crippen molar-refractivity contribution in [3.8, 4) is 0 Å². The van der Waals surface area contributed by atoms with Gasteiger partial charge in [0.15, 0.2) is 0 Å². The van der Waals surface area contributed by atoms with E-state index in [1.165, 1.54) is 15.8 Å². The molecular weight excluding hydrogens is 194 g/mol. The summed E-state index contributed by atoms with van der Waals surface area (Å²) in [5, 5.41) is 15.4. The Morgan fingerprint density at radius 2 is 2.21 bits per heavy atom. The Bertz CT molecular complexity index is 410. The van der Waals surface area contributed by atoms with Crippen molar-refractivity contribution in [2.75, 3.05) is 18.5 Å². The Kier molecular flexibility index (Phi) is 3.01. The topological polar surface area (TPSA) is 32.3 Å². The monoisotopic (exact) mass is 207 g/mol. The van der Waals surface area contributed by atoms with Gasteiger partial charge in [0.05, 0.1) is 10.4 Å². The van der Waals surface area contributed by atoms with Crippen molar-refractivity contribution >= 4 is 27.1 Å². The van der Waals surface area contributed by atoms with Crippen molar-refractivity contribution in [1.29, 1.82) is 0 Å². The first-order valence-electron chi connectivity index (χ1n) is 4.73.